The minimum atomic E-state index is 0.642. The first-order chi connectivity index (χ1) is 3.80. The van der Waals surface area contributed by atoms with Gasteiger partial charge in [0.1, 0.15) is 0 Å². The van der Waals surface area contributed by atoms with Crippen molar-refractivity contribution in [3.63, 3.8) is 0 Å². The smallest absolute Gasteiger partial charge is 0.0302 e. The highest BCUT2D eigenvalue weighted by Crippen LogP contribution is 2.06. The molecule has 0 saturated carbocycles. The van der Waals surface area contributed by atoms with Crippen molar-refractivity contribution in [1.82, 2.24) is 9.24 Å². The molecule has 1 aliphatic rings. The van der Waals surface area contributed by atoms with Crippen LogP contribution in [0.5, 0.6) is 0 Å². The molecule has 0 bridgehead atoms. The molecule has 1 saturated heterocycles. The number of hydrogen-bond acceptors (Lipinski definition) is 2. The first-order valence-electron chi connectivity index (χ1n) is 2.94. The summed E-state index contributed by atoms with van der Waals surface area (Å²) in [4.78, 5) is 0. The highest BCUT2D eigenvalue weighted by molar-refractivity contribution is 9.07. The highest BCUT2D eigenvalue weighted by Gasteiger charge is 2.13. The van der Waals surface area contributed by atoms with Crippen molar-refractivity contribution in [2.24, 2.45) is 0 Å². The highest BCUT2D eigenvalue weighted by atomic mass is 79.9. The molecule has 3 heteroatoms. The van der Waals surface area contributed by atoms with Gasteiger partial charge in [0.05, 0.1) is 0 Å². The Hall–Kier alpha value is 0.400. The summed E-state index contributed by atoms with van der Waals surface area (Å²) in [5.74, 6) is 0. The zero-order chi connectivity index (χ0) is 5.98. The van der Waals surface area contributed by atoms with E-state index in [0.717, 1.165) is 19.6 Å². The maximum atomic E-state index is 3.45. The number of halogens is 1. The van der Waals surface area contributed by atoms with Crippen LogP contribution in [0.3, 0.4) is 0 Å². The largest absolute Gasteiger partial charge is 0.314 e. The van der Waals surface area contributed by atoms with Crippen LogP contribution in [0, 0.1) is 0 Å². The molecule has 1 heterocycles. The maximum absolute atomic E-state index is 3.45. The van der Waals surface area contributed by atoms with Gasteiger partial charge in [-0.3, -0.25) is 0 Å². The Labute approximate surface area is 58.6 Å². The van der Waals surface area contributed by atoms with Gasteiger partial charge in [-0.15, -0.1) is 0 Å². The van der Waals surface area contributed by atoms with Gasteiger partial charge < -0.3 is 5.32 Å². The van der Waals surface area contributed by atoms with E-state index in [-0.39, 0.29) is 0 Å². The fraction of sp³-hybridized carbons (Fsp3) is 1.00. The second-order valence-corrected chi connectivity index (χ2v) is 3.09. The van der Waals surface area contributed by atoms with Crippen LogP contribution in [0.4, 0.5) is 0 Å². The number of piperazine rings is 1. The van der Waals surface area contributed by atoms with Gasteiger partial charge in [0.25, 0.3) is 0 Å². The number of nitrogens with one attached hydrogen (secondary N) is 1. The number of nitrogens with zero attached hydrogens (tertiary/aromatic N) is 1. The van der Waals surface area contributed by atoms with Gasteiger partial charge in [-0.2, -0.15) is 0 Å². The quantitative estimate of drug-likeness (QED) is 0.547. The van der Waals surface area contributed by atoms with E-state index in [0.29, 0.717) is 6.04 Å². The van der Waals surface area contributed by atoms with E-state index < -0.39 is 0 Å². The molecular weight excluding hydrogens is 168 g/mol. The number of hydrogen-bond donors (Lipinski definition) is 1. The molecule has 48 valence electrons. The molecule has 1 fully saturated rings. The predicted molar refractivity (Wildman–Crippen MR) is 38.0 cm³/mol. The molecule has 0 spiro atoms. The zero-order valence-electron chi connectivity index (χ0n) is 5.02. The van der Waals surface area contributed by atoms with Crippen molar-refractivity contribution < 1.29 is 0 Å². The molecule has 0 amide bonds. The van der Waals surface area contributed by atoms with E-state index in [2.05, 4.69) is 32.3 Å². The summed E-state index contributed by atoms with van der Waals surface area (Å²) < 4.78 is 2.18. The van der Waals surface area contributed by atoms with Crippen molar-refractivity contribution in [3.05, 3.63) is 0 Å². The lowest BCUT2D eigenvalue weighted by Gasteiger charge is -2.27. The molecule has 2 nitrogen and oxygen atoms in total. The van der Waals surface area contributed by atoms with Crippen LogP contribution >= 0.6 is 16.1 Å². The third kappa shape index (κ3) is 1.44. The Morgan fingerprint density at radius 2 is 2.50 bits per heavy atom. The first-order valence-corrected chi connectivity index (χ1v) is 3.65. The summed E-state index contributed by atoms with van der Waals surface area (Å²) >= 11 is 3.45. The molecule has 0 unspecified atom stereocenters. The summed E-state index contributed by atoms with van der Waals surface area (Å²) in [6, 6.07) is 0.642. The molecule has 0 aromatic rings. The van der Waals surface area contributed by atoms with Crippen molar-refractivity contribution in [2.75, 3.05) is 19.6 Å². The van der Waals surface area contributed by atoms with Gasteiger partial charge in [0, 0.05) is 41.8 Å². The molecular formula is C5H11BrN2. The molecule has 0 aromatic heterocycles. The molecule has 1 atom stereocenters. The van der Waals surface area contributed by atoms with Crippen molar-refractivity contribution in [3.8, 4) is 0 Å². The lowest BCUT2D eigenvalue weighted by atomic mass is 10.3. The van der Waals surface area contributed by atoms with Crippen LogP contribution in [0.25, 0.3) is 0 Å². The van der Waals surface area contributed by atoms with Gasteiger partial charge in [-0.25, -0.2) is 3.93 Å². The molecule has 1 N–H and O–H groups in total. The minimum absolute atomic E-state index is 0.642. The third-order valence-electron chi connectivity index (χ3n) is 1.42. The molecule has 1 aliphatic heterocycles. The van der Waals surface area contributed by atoms with Crippen LogP contribution in [0.1, 0.15) is 6.92 Å². The predicted octanol–water partition coefficient (Wildman–Crippen LogP) is 0.590. The van der Waals surface area contributed by atoms with Crippen molar-refractivity contribution in [2.45, 2.75) is 13.0 Å². The average Bonchev–Trinajstić information content (AvgIpc) is 1.77. The molecule has 0 aromatic carbocycles. The van der Waals surface area contributed by atoms with Gasteiger partial charge >= 0.3 is 0 Å². The zero-order valence-corrected chi connectivity index (χ0v) is 6.61. The van der Waals surface area contributed by atoms with Gasteiger partial charge in [-0.05, 0) is 6.92 Å². The normalized spacial score (nSPS) is 33.0. The van der Waals surface area contributed by atoms with E-state index in [9.17, 15) is 0 Å². The Morgan fingerprint density at radius 3 is 2.88 bits per heavy atom. The lowest BCUT2D eigenvalue weighted by Crippen LogP contribution is -2.44. The summed E-state index contributed by atoms with van der Waals surface area (Å²) in [5.41, 5.74) is 0. The monoisotopic (exact) mass is 178 g/mol. The Balaban J connectivity index is 2.28. The molecule has 1 rings (SSSR count). The second-order valence-electron chi connectivity index (χ2n) is 2.18. The number of rotatable bonds is 0. The Morgan fingerprint density at radius 1 is 1.75 bits per heavy atom. The van der Waals surface area contributed by atoms with Crippen molar-refractivity contribution in [1.29, 1.82) is 0 Å². The topological polar surface area (TPSA) is 15.3 Å². The van der Waals surface area contributed by atoms with E-state index in [1.807, 2.05) is 0 Å². The fourth-order valence-electron chi connectivity index (χ4n) is 0.816. The minimum Gasteiger partial charge on any atom is -0.314 e. The summed E-state index contributed by atoms with van der Waals surface area (Å²) in [6.45, 7) is 5.52. The third-order valence-corrected chi connectivity index (χ3v) is 2.47. The second kappa shape index (κ2) is 2.80. The fourth-order valence-corrected chi connectivity index (χ4v) is 1.14. The Bertz CT molecular complexity index is 66.8. The maximum Gasteiger partial charge on any atom is 0.0302 e. The molecule has 0 radical (unpaired) electrons. The lowest BCUT2D eigenvalue weighted by molar-refractivity contribution is 0.320. The van der Waals surface area contributed by atoms with Crippen LogP contribution in [-0.2, 0) is 0 Å². The van der Waals surface area contributed by atoms with E-state index in [1.165, 1.54) is 0 Å². The van der Waals surface area contributed by atoms with Gasteiger partial charge in [-0.1, -0.05) is 0 Å². The van der Waals surface area contributed by atoms with E-state index >= 15 is 0 Å². The van der Waals surface area contributed by atoms with Crippen LogP contribution in [0.2, 0.25) is 0 Å². The van der Waals surface area contributed by atoms with Gasteiger partial charge in [0.2, 0.25) is 0 Å². The van der Waals surface area contributed by atoms with Crippen molar-refractivity contribution >= 4 is 16.1 Å². The van der Waals surface area contributed by atoms with Crippen LogP contribution in [-0.4, -0.2) is 29.6 Å². The SMILES string of the molecule is C[C@H]1CNCCN1Br. The average molecular weight is 179 g/mol. The van der Waals surface area contributed by atoms with Crippen LogP contribution < -0.4 is 5.32 Å². The summed E-state index contributed by atoms with van der Waals surface area (Å²) in [5, 5.41) is 3.29. The van der Waals surface area contributed by atoms with Crippen LogP contribution in [0.15, 0.2) is 0 Å². The summed E-state index contributed by atoms with van der Waals surface area (Å²) in [6.07, 6.45) is 0. The standard InChI is InChI=1S/C5H11BrN2/c1-5-4-7-2-3-8(5)6/h5,7H,2-4H2,1H3/t5-/m0/s1. The Kier molecular flexibility index (Phi) is 2.28. The van der Waals surface area contributed by atoms with E-state index in [1.54, 1.807) is 0 Å². The van der Waals surface area contributed by atoms with Gasteiger partial charge in [0.15, 0.2) is 0 Å². The molecule has 8 heavy (non-hydrogen) atoms. The first kappa shape index (κ1) is 6.52. The summed E-state index contributed by atoms with van der Waals surface area (Å²) in [7, 11) is 0. The van der Waals surface area contributed by atoms with E-state index in [4.69, 9.17) is 0 Å². The molecule has 0 aliphatic carbocycles.